The number of hydrogen-bond acceptors (Lipinski definition) is 5. The van der Waals surface area contributed by atoms with Gasteiger partial charge in [0, 0.05) is 0 Å². The molecule has 1 rings (SSSR count). The molecule has 5 nitrogen and oxygen atoms in total. The third-order valence-corrected chi connectivity index (χ3v) is 2.15. The largest absolute Gasteiger partial charge is 0.465 e. The van der Waals surface area contributed by atoms with E-state index in [1.807, 2.05) is 0 Å². The Morgan fingerprint density at radius 2 is 2.05 bits per heavy atom. The van der Waals surface area contributed by atoms with Crippen molar-refractivity contribution >= 4 is 18.0 Å². The van der Waals surface area contributed by atoms with Crippen LogP contribution in [-0.4, -0.2) is 24.1 Å². The molecule has 0 aliphatic rings. The zero-order valence-electron chi connectivity index (χ0n) is 12.3. The Morgan fingerprint density at radius 3 is 2.55 bits per heavy atom. The molecular formula is C15H20O5. The zero-order valence-corrected chi connectivity index (χ0v) is 12.3. The minimum atomic E-state index is -0.596. The summed E-state index contributed by atoms with van der Waals surface area (Å²) in [6.45, 7) is 7.25. The quantitative estimate of drug-likeness (QED) is 0.613. The molecule has 0 spiro atoms. The second kappa shape index (κ2) is 6.93. The summed E-state index contributed by atoms with van der Waals surface area (Å²) in [5, 5.41) is 0. The molecule has 0 radical (unpaired) electrons. The van der Waals surface area contributed by atoms with Crippen LogP contribution in [0.15, 0.2) is 28.4 Å². The molecule has 20 heavy (non-hydrogen) atoms. The van der Waals surface area contributed by atoms with Gasteiger partial charge in [-0.1, -0.05) is 0 Å². The van der Waals surface area contributed by atoms with Crippen molar-refractivity contribution in [2.24, 2.45) is 0 Å². The van der Waals surface area contributed by atoms with E-state index < -0.39 is 17.5 Å². The third-order valence-electron chi connectivity index (χ3n) is 2.15. The van der Waals surface area contributed by atoms with Crippen molar-refractivity contribution in [1.82, 2.24) is 0 Å². The van der Waals surface area contributed by atoms with E-state index in [4.69, 9.17) is 13.9 Å². The number of ether oxygens (including phenoxy) is 2. The highest BCUT2D eigenvalue weighted by Crippen LogP contribution is 2.16. The minimum Gasteiger partial charge on any atom is -0.465 e. The van der Waals surface area contributed by atoms with Gasteiger partial charge in [-0.3, -0.25) is 4.79 Å². The Morgan fingerprint density at radius 1 is 1.35 bits per heavy atom. The molecule has 1 aromatic heterocycles. The van der Waals surface area contributed by atoms with Crippen molar-refractivity contribution in [1.29, 1.82) is 0 Å². The van der Waals surface area contributed by atoms with Gasteiger partial charge >= 0.3 is 11.9 Å². The van der Waals surface area contributed by atoms with Crippen molar-refractivity contribution in [2.75, 3.05) is 6.61 Å². The summed E-state index contributed by atoms with van der Waals surface area (Å²) in [6.07, 6.45) is 2.82. The average molecular weight is 280 g/mol. The molecule has 0 atom stereocenters. The summed E-state index contributed by atoms with van der Waals surface area (Å²) < 4.78 is 15.3. The molecular weight excluding hydrogens is 260 g/mol. The molecule has 0 N–H and O–H groups in total. The molecule has 0 fully saturated rings. The Bertz CT molecular complexity index is 477. The molecule has 0 saturated heterocycles. The fraction of sp³-hybridized carbons (Fsp3) is 0.467. The summed E-state index contributed by atoms with van der Waals surface area (Å²) in [7, 11) is 0. The van der Waals surface area contributed by atoms with Gasteiger partial charge in [0.1, 0.15) is 11.4 Å². The van der Waals surface area contributed by atoms with E-state index in [0.29, 0.717) is 5.76 Å². The topological polar surface area (TPSA) is 65.7 Å². The first kappa shape index (κ1) is 16.0. The molecule has 1 heterocycles. The third kappa shape index (κ3) is 5.73. The first-order valence-electron chi connectivity index (χ1n) is 6.45. The number of furan rings is 1. The van der Waals surface area contributed by atoms with Crippen molar-refractivity contribution < 1.29 is 23.5 Å². The molecule has 1 aromatic rings. The predicted molar refractivity (Wildman–Crippen MR) is 73.8 cm³/mol. The lowest BCUT2D eigenvalue weighted by Gasteiger charge is -2.19. The van der Waals surface area contributed by atoms with Crippen molar-refractivity contribution in [3.8, 4) is 0 Å². The maximum absolute atomic E-state index is 11.8. The van der Waals surface area contributed by atoms with Gasteiger partial charge in [0.25, 0.3) is 0 Å². The van der Waals surface area contributed by atoms with Crippen LogP contribution in [0, 0.1) is 0 Å². The van der Waals surface area contributed by atoms with E-state index >= 15 is 0 Å². The molecule has 0 aromatic carbocycles. The Kier molecular flexibility index (Phi) is 5.55. The summed E-state index contributed by atoms with van der Waals surface area (Å²) in [5.41, 5.74) is -0.391. The minimum absolute atomic E-state index is 0.156. The monoisotopic (exact) mass is 280 g/mol. The van der Waals surface area contributed by atoms with E-state index in [9.17, 15) is 9.59 Å². The van der Waals surface area contributed by atoms with Gasteiger partial charge in [-0.25, -0.2) is 4.79 Å². The lowest BCUT2D eigenvalue weighted by molar-refractivity contribution is -0.155. The second-order valence-corrected chi connectivity index (χ2v) is 5.17. The highest BCUT2D eigenvalue weighted by Gasteiger charge is 2.21. The van der Waals surface area contributed by atoms with Crippen molar-refractivity contribution in [3.05, 3.63) is 29.7 Å². The first-order chi connectivity index (χ1) is 9.31. The van der Waals surface area contributed by atoms with Crippen LogP contribution >= 0.6 is 0 Å². The predicted octanol–water partition coefficient (Wildman–Crippen LogP) is 2.96. The van der Waals surface area contributed by atoms with Crippen LogP contribution in [0.4, 0.5) is 0 Å². The van der Waals surface area contributed by atoms with E-state index in [-0.39, 0.29) is 18.6 Å². The zero-order chi connectivity index (χ0) is 15.2. The molecule has 110 valence electrons. The van der Waals surface area contributed by atoms with E-state index in [0.717, 1.165) is 0 Å². The van der Waals surface area contributed by atoms with E-state index in [2.05, 4.69) is 0 Å². The summed E-state index contributed by atoms with van der Waals surface area (Å²) >= 11 is 0. The highest BCUT2D eigenvalue weighted by atomic mass is 16.6. The SMILES string of the molecule is CCOC(=O)/C(=C/c1ccco1)CC(=O)OC(C)(C)C. The highest BCUT2D eigenvalue weighted by molar-refractivity contribution is 5.98. The van der Waals surface area contributed by atoms with Crippen LogP contribution in [0.5, 0.6) is 0 Å². The molecule has 0 saturated carbocycles. The maximum Gasteiger partial charge on any atom is 0.334 e. The van der Waals surface area contributed by atoms with Crippen LogP contribution in [0.1, 0.15) is 39.9 Å². The lowest BCUT2D eigenvalue weighted by Crippen LogP contribution is -2.25. The number of esters is 2. The Balaban J connectivity index is 2.84. The number of rotatable bonds is 5. The van der Waals surface area contributed by atoms with Gasteiger partial charge in [0.05, 0.1) is 24.9 Å². The van der Waals surface area contributed by atoms with E-state index in [1.54, 1.807) is 39.8 Å². The van der Waals surface area contributed by atoms with Crippen LogP contribution in [0.3, 0.4) is 0 Å². The maximum atomic E-state index is 11.8. The first-order valence-corrected chi connectivity index (χ1v) is 6.45. The lowest BCUT2D eigenvalue weighted by atomic mass is 10.1. The Labute approximate surface area is 118 Å². The van der Waals surface area contributed by atoms with Gasteiger partial charge in [0.2, 0.25) is 0 Å². The fourth-order valence-electron chi connectivity index (χ4n) is 1.48. The van der Waals surface area contributed by atoms with Gasteiger partial charge in [0.15, 0.2) is 0 Å². The standard InChI is InChI=1S/C15H20O5/c1-5-18-14(17)11(9-12-7-6-8-19-12)10-13(16)20-15(2,3)4/h6-9H,5,10H2,1-4H3/b11-9+. The number of hydrogen-bond donors (Lipinski definition) is 0. The number of carbonyl (C=O) groups is 2. The fourth-order valence-corrected chi connectivity index (χ4v) is 1.48. The van der Waals surface area contributed by atoms with E-state index in [1.165, 1.54) is 12.3 Å². The summed E-state index contributed by atoms with van der Waals surface area (Å²) in [4.78, 5) is 23.6. The average Bonchev–Trinajstić information content (AvgIpc) is 2.78. The van der Waals surface area contributed by atoms with Crippen LogP contribution in [0.25, 0.3) is 6.08 Å². The van der Waals surface area contributed by atoms with Gasteiger partial charge in [-0.2, -0.15) is 0 Å². The Hall–Kier alpha value is -2.04. The molecule has 0 bridgehead atoms. The van der Waals surface area contributed by atoms with Gasteiger partial charge < -0.3 is 13.9 Å². The van der Waals surface area contributed by atoms with Crippen molar-refractivity contribution in [3.63, 3.8) is 0 Å². The number of carbonyl (C=O) groups excluding carboxylic acids is 2. The second-order valence-electron chi connectivity index (χ2n) is 5.17. The summed E-state index contributed by atoms with van der Waals surface area (Å²) in [5.74, 6) is -0.547. The van der Waals surface area contributed by atoms with Gasteiger partial charge in [-0.05, 0) is 45.9 Å². The molecule has 0 aliphatic heterocycles. The smallest absolute Gasteiger partial charge is 0.334 e. The van der Waals surface area contributed by atoms with Gasteiger partial charge in [-0.15, -0.1) is 0 Å². The van der Waals surface area contributed by atoms with Crippen LogP contribution in [0.2, 0.25) is 0 Å². The molecule has 0 aliphatic carbocycles. The molecule has 0 amide bonds. The van der Waals surface area contributed by atoms with Crippen LogP contribution in [-0.2, 0) is 19.1 Å². The summed E-state index contributed by atoms with van der Waals surface area (Å²) in [6, 6.07) is 3.39. The molecule has 5 heteroatoms. The van der Waals surface area contributed by atoms with Crippen LogP contribution < -0.4 is 0 Å². The normalized spacial score (nSPS) is 12.1. The van der Waals surface area contributed by atoms with Crippen molar-refractivity contribution in [2.45, 2.75) is 39.7 Å². The molecule has 0 unspecified atom stereocenters.